The van der Waals surface area contributed by atoms with Gasteiger partial charge in [-0.3, -0.25) is 4.98 Å². The van der Waals surface area contributed by atoms with Gasteiger partial charge in [0, 0.05) is 34.6 Å². The van der Waals surface area contributed by atoms with E-state index in [4.69, 9.17) is 9.47 Å². The minimum Gasteiger partial charge on any atom is -0.463 e. The molecule has 1 aliphatic heterocycles. The number of thioether (sulfide) groups is 1. The minimum atomic E-state index is -0.573. The summed E-state index contributed by atoms with van der Waals surface area (Å²) in [6, 6.07) is 12.0. The van der Waals surface area contributed by atoms with Crippen molar-refractivity contribution in [2.45, 2.75) is 43.9 Å². The number of pyridine rings is 1. The molecule has 1 fully saturated rings. The molecular formula is C27H30N2O4S. The first kappa shape index (κ1) is 24.1. The zero-order valence-electron chi connectivity index (χ0n) is 20.0. The first-order valence-corrected chi connectivity index (χ1v) is 12.8. The van der Waals surface area contributed by atoms with Crippen LogP contribution in [0.4, 0.5) is 0 Å². The van der Waals surface area contributed by atoms with Crippen molar-refractivity contribution >= 4 is 23.7 Å². The largest absolute Gasteiger partial charge is 0.463 e. The van der Waals surface area contributed by atoms with Crippen LogP contribution in [0.5, 0.6) is 0 Å². The summed E-state index contributed by atoms with van der Waals surface area (Å²) in [5.41, 5.74) is 4.49. The Balaban J connectivity index is 1.86. The van der Waals surface area contributed by atoms with Crippen LogP contribution in [0.15, 0.2) is 76.2 Å². The molecule has 0 bridgehead atoms. The Morgan fingerprint density at radius 2 is 1.74 bits per heavy atom. The Hall–Kier alpha value is -3.06. The molecule has 2 heterocycles. The number of carbonyl (C=O) groups is 2. The van der Waals surface area contributed by atoms with Gasteiger partial charge in [0.15, 0.2) is 0 Å². The number of aromatic nitrogens is 1. The zero-order chi connectivity index (χ0) is 24.2. The number of nitrogens with one attached hydrogen (secondary N) is 1. The monoisotopic (exact) mass is 478 g/mol. The van der Waals surface area contributed by atoms with E-state index in [0.29, 0.717) is 16.8 Å². The Bertz CT molecular complexity index is 1140. The summed E-state index contributed by atoms with van der Waals surface area (Å²) in [7, 11) is 0. The van der Waals surface area contributed by atoms with E-state index in [1.54, 1.807) is 31.8 Å². The minimum absolute atomic E-state index is 0.119. The topological polar surface area (TPSA) is 77.5 Å². The number of nitrogens with zero attached hydrogens (tertiary/aromatic N) is 1. The maximum atomic E-state index is 13.4. The van der Waals surface area contributed by atoms with Crippen molar-refractivity contribution in [2.75, 3.05) is 19.5 Å². The number of carbonyl (C=O) groups excluding carboxylic acids is 2. The highest BCUT2D eigenvalue weighted by Crippen LogP contribution is 2.54. The Labute approximate surface area is 204 Å². The van der Waals surface area contributed by atoms with Crippen LogP contribution in [0, 0.1) is 5.92 Å². The molecule has 7 heteroatoms. The van der Waals surface area contributed by atoms with E-state index in [1.807, 2.05) is 49.7 Å². The molecule has 3 atom stereocenters. The number of dihydropyridines is 1. The number of ether oxygens (including phenoxy) is 2. The molecular weight excluding hydrogens is 448 g/mol. The molecule has 2 aromatic rings. The molecule has 2 aliphatic rings. The number of hydrogen-bond donors (Lipinski definition) is 1. The molecule has 1 unspecified atom stereocenters. The highest BCUT2D eigenvalue weighted by Gasteiger charge is 2.48. The van der Waals surface area contributed by atoms with Crippen molar-refractivity contribution < 1.29 is 19.1 Å². The predicted molar refractivity (Wildman–Crippen MR) is 132 cm³/mol. The summed E-state index contributed by atoms with van der Waals surface area (Å²) in [5.74, 6) is -1.02. The van der Waals surface area contributed by atoms with Crippen LogP contribution in [-0.4, -0.2) is 36.4 Å². The van der Waals surface area contributed by atoms with E-state index < -0.39 is 17.9 Å². The average molecular weight is 479 g/mol. The second-order valence-electron chi connectivity index (χ2n) is 8.38. The number of esters is 2. The summed E-state index contributed by atoms with van der Waals surface area (Å²) in [5, 5.41) is 3.42. The summed E-state index contributed by atoms with van der Waals surface area (Å²) in [6.07, 6.45) is 6.54. The number of allylic oxidation sites excluding steroid dienone is 2. The first-order valence-electron chi connectivity index (χ1n) is 11.6. The van der Waals surface area contributed by atoms with Gasteiger partial charge < -0.3 is 14.8 Å². The normalized spacial score (nSPS) is 21.7. The van der Waals surface area contributed by atoms with Gasteiger partial charge in [-0.05, 0) is 68.7 Å². The van der Waals surface area contributed by atoms with Gasteiger partial charge in [-0.1, -0.05) is 18.2 Å². The predicted octanol–water partition coefficient (Wildman–Crippen LogP) is 4.95. The molecule has 1 saturated carbocycles. The van der Waals surface area contributed by atoms with E-state index in [0.717, 1.165) is 28.1 Å². The zero-order valence-corrected chi connectivity index (χ0v) is 20.8. The molecule has 0 amide bonds. The van der Waals surface area contributed by atoms with Crippen LogP contribution < -0.4 is 5.32 Å². The number of benzene rings is 1. The lowest BCUT2D eigenvalue weighted by molar-refractivity contribution is -0.139. The number of rotatable bonds is 8. The number of hydrogen-bond acceptors (Lipinski definition) is 7. The summed E-state index contributed by atoms with van der Waals surface area (Å²) in [6.45, 7) is 5.96. The van der Waals surface area contributed by atoms with Crippen LogP contribution in [0.25, 0.3) is 0 Å². The summed E-state index contributed by atoms with van der Waals surface area (Å²) < 4.78 is 11.0. The molecule has 1 N–H and O–H groups in total. The molecule has 1 aromatic heterocycles. The van der Waals surface area contributed by atoms with Crippen LogP contribution in [0.3, 0.4) is 0 Å². The van der Waals surface area contributed by atoms with Crippen LogP contribution in [-0.2, 0) is 19.1 Å². The van der Waals surface area contributed by atoms with Crippen LogP contribution in [0.2, 0.25) is 0 Å². The van der Waals surface area contributed by atoms with E-state index in [-0.39, 0.29) is 25.0 Å². The lowest BCUT2D eigenvalue weighted by Crippen LogP contribution is -2.34. The van der Waals surface area contributed by atoms with Gasteiger partial charge in [-0.25, -0.2) is 9.59 Å². The van der Waals surface area contributed by atoms with Crippen molar-refractivity contribution in [1.82, 2.24) is 10.3 Å². The van der Waals surface area contributed by atoms with E-state index in [9.17, 15) is 9.59 Å². The molecule has 0 spiro atoms. The molecule has 1 aliphatic carbocycles. The van der Waals surface area contributed by atoms with Crippen molar-refractivity contribution in [1.29, 1.82) is 0 Å². The van der Waals surface area contributed by atoms with Gasteiger partial charge in [0.1, 0.15) is 0 Å². The first-order chi connectivity index (χ1) is 16.5. The third-order valence-corrected chi connectivity index (χ3v) is 7.01. The fourth-order valence-corrected chi connectivity index (χ4v) is 5.16. The highest BCUT2D eigenvalue weighted by atomic mass is 32.2. The lowest BCUT2D eigenvalue weighted by Gasteiger charge is -2.32. The van der Waals surface area contributed by atoms with Gasteiger partial charge in [-0.2, -0.15) is 0 Å². The fraction of sp³-hybridized carbons (Fsp3) is 0.370. The van der Waals surface area contributed by atoms with E-state index in [1.165, 1.54) is 0 Å². The molecule has 178 valence electrons. The summed E-state index contributed by atoms with van der Waals surface area (Å²) >= 11 is 1.62. The molecule has 34 heavy (non-hydrogen) atoms. The van der Waals surface area contributed by atoms with Crippen LogP contribution in [0.1, 0.15) is 50.2 Å². The van der Waals surface area contributed by atoms with Gasteiger partial charge in [0.25, 0.3) is 0 Å². The van der Waals surface area contributed by atoms with Crippen LogP contribution >= 0.6 is 11.8 Å². The third kappa shape index (κ3) is 4.75. The second kappa shape index (κ2) is 10.5. The maximum Gasteiger partial charge on any atom is 0.336 e. The quantitative estimate of drug-likeness (QED) is 0.425. The third-order valence-electron chi connectivity index (χ3n) is 6.29. The Morgan fingerprint density at radius 1 is 1.03 bits per heavy atom. The van der Waals surface area contributed by atoms with Gasteiger partial charge in [-0.15, -0.1) is 11.8 Å². The maximum absolute atomic E-state index is 13.4. The lowest BCUT2D eigenvalue weighted by atomic mass is 9.79. The molecule has 4 rings (SSSR count). The SMILES string of the molecule is CCOC(=O)C1=C(C)NC([C@@H]2C[C@H]2c2cccnc2)=C(C(=O)OCC)C1c1cccc(SC)c1. The van der Waals surface area contributed by atoms with Crippen molar-refractivity contribution in [3.63, 3.8) is 0 Å². The molecule has 1 aromatic carbocycles. The van der Waals surface area contributed by atoms with Gasteiger partial charge >= 0.3 is 11.9 Å². The van der Waals surface area contributed by atoms with Crippen molar-refractivity contribution in [3.8, 4) is 0 Å². The molecule has 0 saturated heterocycles. The smallest absolute Gasteiger partial charge is 0.336 e. The second-order valence-corrected chi connectivity index (χ2v) is 9.26. The standard InChI is InChI=1S/C27H30N2O4S/c1-5-32-26(30)22-16(3)29-25(21-14-20(21)18-10-8-12-28-15-18)24(27(31)33-6-2)23(22)17-9-7-11-19(13-17)34-4/h7-13,15,20-21,23,29H,5-6,14H2,1-4H3/t20-,21+,23?/m0/s1. The van der Waals surface area contributed by atoms with Gasteiger partial charge in [0.2, 0.25) is 0 Å². The van der Waals surface area contributed by atoms with E-state index in [2.05, 4.69) is 16.4 Å². The molecule has 0 radical (unpaired) electrons. The van der Waals surface area contributed by atoms with Crippen molar-refractivity contribution in [2.24, 2.45) is 5.92 Å². The molecule has 6 nitrogen and oxygen atoms in total. The average Bonchev–Trinajstić information content (AvgIpc) is 3.65. The Morgan fingerprint density at radius 3 is 2.38 bits per heavy atom. The van der Waals surface area contributed by atoms with E-state index >= 15 is 0 Å². The van der Waals surface area contributed by atoms with Gasteiger partial charge in [0.05, 0.1) is 30.3 Å². The Kier molecular flexibility index (Phi) is 7.41. The summed E-state index contributed by atoms with van der Waals surface area (Å²) in [4.78, 5) is 31.9. The highest BCUT2D eigenvalue weighted by molar-refractivity contribution is 7.98. The van der Waals surface area contributed by atoms with Crippen molar-refractivity contribution in [3.05, 3.63) is 82.5 Å². The fourth-order valence-electron chi connectivity index (χ4n) is 4.69.